The fraction of sp³-hybridized carbons (Fsp3) is 0.917. The Morgan fingerprint density at radius 3 is 2.53 bits per heavy atom. The zero-order valence-electron chi connectivity index (χ0n) is 9.92. The van der Waals surface area contributed by atoms with E-state index in [9.17, 15) is 4.79 Å². The van der Waals surface area contributed by atoms with Gasteiger partial charge in [-0.05, 0) is 31.1 Å². The smallest absolute Gasteiger partial charge is 0.223 e. The highest BCUT2D eigenvalue weighted by Gasteiger charge is 2.24. The van der Waals surface area contributed by atoms with E-state index in [1.165, 1.54) is 0 Å². The van der Waals surface area contributed by atoms with Crippen LogP contribution in [0.5, 0.6) is 0 Å². The van der Waals surface area contributed by atoms with Crippen LogP contribution in [0.3, 0.4) is 0 Å². The van der Waals surface area contributed by atoms with Gasteiger partial charge in [0.1, 0.15) is 0 Å². The Morgan fingerprint density at radius 1 is 1.40 bits per heavy atom. The molecule has 1 aliphatic rings. The molecule has 3 unspecified atom stereocenters. The van der Waals surface area contributed by atoms with Crippen LogP contribution < -0.4 is 5.32 Å². The molecule has 0 heterocycles. The molecule has 88 valence electrons. The predicted octanol–water partition coefficient (Wildman–Crippen LogP) is 2.80. The molecule has 0 spiro atoms. The number of carbonyl (C=O) groups is 1. The van der Waals surface area contributed by atoms with E-state index in [2.05, 4.69) is 19.2 Å². The molecule has 1 aliphatic carbocycles. The van der Waals surface area contributed by atoms with Crippen molar-refractivity contribution in [2.75, 3.05) is 6.54 Å². The minimum atomic E-state index is 0.109. The van der Waals surface area contributed by atoms with E-state index >= 15 is 0 Å². The molecule has 0 bridgehead atoms. The molecular weight excluding hydrogens is 210 g/mol. The largest absolute Gasteiger partial charge is 0.356 e. The van der Waals surface area contributed by atoms with E-state index < -0.39 is 0 Å². The highest BCUT2D eigenvalue weighted by molar-refractivity contribution is 6.20. The van der Waals surface area contributed by atoms with Gasteiger partial charge in [-0.2, -0.15) is 0 Å². The second-order valence-electron chi connectivity index (χ2n) is 5.05. The molecule has 0 aromatic heterocycles. The van der Waals surface area contributed by atoms with Crippen LogP contribution in [0.1, 0.15) is 40.0 Å². The zero-order chi connectivity index (χ0) is 11.4. The molecule has 0 saturated heterocycles. The summed E-state index contributed by atoms with van der Waals surface area (Å²) in [6, 6.07) is 0. The lowest BCUT2D eigenvalue weighted by Crippen LogP contribution is -2.34. The fourth-order valence-corrected chi connectivity index (χ4v) is 2.29. The third-order valence-electron chi connectivity index (χ3n) is 3.46. The van der Waals surface area contributed by atoms with Gasteiger partial charge in [0.05, 0.1) is 0 Å². The van der Waals surface area contributed by atoms with Gasteiger partial charge in [-0.25, -0.2) is 0 Å². The number of hydrogen-bond donors (Lipinski definition) is 1. The van der Waals surface area contributed by atoms with Crippen molar-refractivity contribution in [3.63, 3.8) is 0 Å². The minimum Gasteiger partial charge on any atom is -0.356 e. The number of amides is 1. The monoisotopic (exact) mass is 231 g/mol. The molecule has 0 radical (unpaired) electrons. The first-order valence-electron chi connectivity index (χ1n) is 5.92. The van der Waals surface area contributed by atoms with E-state index in [-0.39, 0.29) is 11.8 Å². The zero-order valence-corrected chi connectivity index (χ0v) is 10.7. The van der Waals surface area contributed by atoms with Crippen molar-refractivity contribution in [1.82, 2.24) is 5.32 Å². The van der Waals surface area contributed by atoms with E-state index in [0.717, 1.165) is 25.8 Å². The maximum Gasteiger partial charge on any atom is 0.223 e. The van der Waals surface area contributed by atoms with Gasteiger partial charge in [-0.15, -0.1) is 11.6 Å². The van der Waals surface area contributed by atoms with Gasteiger partial charge in [0, 0.05) is 17.8 Å². The Morgan fingerprint density at radius 2 is 2.07 bits per heavy atom. The normalized spacial score (nSPS) is 28.1. The summed E-state index contributed by atoms with van der Waals surface area (Å²) in [7, 11) is 0. The number of alkyl halides is 1. The van der Waals surface area contributed by atoms with Crippen molar-refractivity contribution < 1.29 is 4.79 Å². The first-order chi connectivity index (χ1) is 7.00. The van der Waals surface area contributed by atoms with E-state index in [0.29, 0.717) is 17.2 Å². The lowest BCUT2D eigenvalue weighted by Gasteiger charge is -2.17. The number of halogens is 1. The lowest BCUT2D eigenvalue weighted by atomic mass is 9.97. The van der Waals surface area contributed by atoms with E-state index in [1.54, 1.807) is 0 Å². The summed E-state index contributed by atoms with van der Waals surface area (Å²) in [6.45, 7) is 6.95. The maximum absolute atomic E-state index is 11.7. The summed E-state index contributed by atoms with van der Waals surface area (Å²) in [5.41, 5.74) is 0. The lowest BCUT2D eigenvalue weighted by molar-refractivity contribution is -0.125. The van der Waals surface area contributed by atoms with Crippen molar-refractivity contribution in [2.45, 2.75) is 45.4 Å². The first kappa shape index (κ1) is 12.8. The van der Waals surface area contributed by atoms with E-state index in [1.807, 2.05) is 6.92 Å². The van der Waals surface area contributed by atoms with Gasteiger partial charge in [-0.3, -0.25) is 4.79 Å². The Hall–Kier alpha value is -0.240. The van der Waals surface area contributed by atoms with Crippen LogP contribution in [-0.4, -0.2) is 17.8 Å². The van der Waals surface area contributed by atoms with Crippen LogP contribution in [0.2, 0.25) is 0 Å². The number of nitrogens with one attached hydrogen (secondary N) is 1. The Bertz CT molecular complexity index is 218. The Labute approximate surface area is 97.8 Å². The molecule has 1 N–H and O–H groups in total. The van der Waals surface area contributed by atoms with Gasteiger partial charge < -0.3 is 5.32 Å². The SMILES string of the molecule is CC(C)C(C)C(=O)NCC1CCC(Cl)C1. The molecule has 0 aromatic carbocycles. The Balaban J connectivity index is 2.22. The molecule has 0 aromatic rings. The quantitative estimate of drug-likeness (QED) is 0.741. The average Bonchev–Trinajstić information content (AvgIpc) is 2.59. The molecular formula is C12H22ClNO. The van der Waals surface area contributed by atoms with Crippen molar-refractivity contribution in [2.24, 2.45) is 17.8 Å². The summed E-state index contributed by atoms with van der Waals surface area (Å²) >= 11 is 6.02. The second-order valence-corrected chi connectivity index (χ2v) is 5.67. The van der Waals surface area contributed by atoms with Crippen LogP contribution in [0, 0.1) is 17.8 Å². The van der Waals surface area contributed by atoms with E-state index in [4.69, 9.17) is 11.6 Å². The van der Waals surface area contributed by atoms with Gasteiger partial charge in [0.15, 0.2) is 0 Å². The maximum atomic E-state index is 11.7. The first-order valence-corrected chi connectivity index (χ1v) is 6.36. The standard InChI is InChI=1S/C12H22ClNO/c1-8(2)9(3)12(15)14-7-10-4-5-11(13)6-10/h8-11H,4-7H2,1-3H3,(H,14,15). The number of hydrogen-bond acceptors (Lipinski definition) is 1. The molecule has 1 rings (SSSR count). The van der Waals surface area contributed by atoms with Crippen LogP contribution in [0.15, 0.2) is 0 Å². The van der Waals surface area contributed by atoms with Crippen LogP contribution in [0.25, 0.3) is 0 Å². The summed E-state index contributed by atoms with van der Waals surface area (Å²) in [6.07, 6.45) is 3.31. The van der Waals surface area contributed by atoms with Crippen LogP contribution in [-0.2, 0) is 4.79 Å². The van der Waals surface area contributed by atoms with Crippen LogP contribution >= 0.6 is 11.6 Å². The second kappa shape index (κ2) is 5.74. The predicted molar refractivity (Wildman–Crippen MR) is 64.0 cm³/mol. The third kappa shape index (κ3) is 4.02. The summed E-state index contributed by atoms with van der Waals surface area (Å²) in [4.78, 5) is 11.7. The number of rotatable bonds is 4. The molecule has 1 fully saturated rings. The minimum absolute atomic E-state index is 0.109. The van der Waals surface area contributed by atoms with Crippen molar-refractivity contribution in [3.05, 3.63) is 0 Å². The average molecular weight is 232 g/mol. The van der Waals surface area contributed by atoms with Gasteiger partial charge in [-0.1, -0.05) is 20.8 Å². The highest BCUT2D eigenvalue weighted by Crippen LogP contribution is 2.28. The van der Waals surface area contributed by atoms with Crippen LogP contribution in [0.4, 0.5) is 0 Å². The third-order valence-corrected chi connectivity index (χ3v) is 3.85. The Kier molecular flexibility index (Phi) is 4.91. The van der Waals surface area contributed by atoms with Crippen molar-refractivity contribution in [1.29, 1.82) is 0 Å². The fourth-order valence-electron chi connectivity index (χ4n) is 1.91. The summed E-state index contributed by atoms with van der Waals surface area (Å²) in [5.74, 6) is 1.30. The topological polar surface area (TPSA) is 29.1 Å². The summed E-state index contributed by atoms with van der Waals surface area (Å²) in [5, 5.41) is 3.36. The molecule has 1 saturated carbocycles. The number of carbonyl (C=O) groups excluding carboxylic acids is 1. The molecule has 0 aliphatic heterocycles. The molecule has 3 atom stereocenters. The molecule has 2 nitrogen and oxygen atoms in total. The molecule has 1 amide bonds. The van der Waals surface area contributed by atoms with Crippen molar-refractivity contribution in [3.8, 4) is 0 Å². The molecule has 3 heteroatoms. The summed E-state index contributed by atoms with van der Waals surface area (Å²) < 4.78 is 0. The van der Waals surface area contributed by atoms with Gasteiger partial charge >= 0.3 is 0 Å². The molecule has 15 heavy (non-hydrogen) atoms. The van der Waals surface area contributed by atoms with Gasteiger partial charge in [0.2, 0.25) is 5.91 Å². The van der Waals surface area contributed by atoms with Gasteiger partial charge in [0.25, 0.3) is 0 Å². The van der Waals surface area contributed by atoms with Crippen molar-refractivity contribution >= 4 is 17.5 Å². The highest BCUT2D eigenvalue weighted by atomic mass is 35.5.